The normalized spacial score (nSPS) is 9.91. The van der Waals surface area contributed by atoms with Crippen LogP contribution in [0.1, 0.15) is 4.88 Å². The summed E-state index contributed by atoms with van der Waals surface area (Å²) < 4.78 is 10.2. The molecule has 116 valence electrons. The molecule has 0 atom stereocenters. The van der Waals surface area contributed by atoms with Crippen molar-refractivity contribution < 1.29 is 19.1 Å². The molecule has 2 N–H and O–H groups in total. The summed E-state index contributed by atoms with van der Waals surface area (Å²) in [6.45, 7) is 0.329. The first-order valence-corrected chi connectivity index (χ1v) is 7.35. The van der Waals surface area contributed by atoms with Crippen LogP contribution >= 0.6 is 11.3 Å². The van der Waals surface area contributed by atoms with E-state index >= 15 is 0 Å². The zero-order valence-corrected chi connectivity index (χ0v) is 13.0. The Hall–Kier alpha value is -2.54. The van der Waals surface area contributed by atoms with E-state index < -0.39 is 11.8 Å². The average Bonchev–Trinajstić information content (AvgIpc) is 3.05. The maximum Gasteiger partial charge on any atom is 0.313 e. The molecule has 0 unspecified atom stereocenters. The highest BCUT2D eigenvalue weighted by Gasteiger charge is 2.14. The molecule has 0 radical (unpaired) electrons. The number of hydrogen-bond acceptors (Lipinski definition) is 5. The van der Waals surface area contributed by atoms with Crippen LogP contribution in [0.4, 0.5) is 5.69 Å². The zero-order valence-electron chi connectivity index (χ0n) is 12.2. The summed E-state index contributed by atoms with van der Waals surface area (Å²) in [5.41, 5.74) is 0.453. The molecule has 2 rings (SSSR count). The molecule has 2 aromatic rings. The molecule has 1 aromatic heterocycles. The third-order valence-corrected chi connectivity index (χ3v) is 3.73. The predicted octanol–water partition coefficient (Wildman–Crippen LogP) is 2.02. The standard InChI is InChI=1S/C15H16N2O4S/c1-20-12-6-5-10(8-13(12)21-2)17-15(19)14(18)16-9-11-4-3-7-22-11/h3-8H,9H2,1-2H3,(H,16,18)(H,17,19). The first-order valence-electron chi connectivity index (χ1n) is 6.47. The predicted molar refractivity (Wildman–Crippen MR) is 84.3 cm³/mol. The maximum atomic E-state index is 11.8. The van der Waals surface area contributed by atoms with Crippen LogP contribution in [0.2, 0.25) is 0 Å². The summed E-state index contributed by atoms with van der Waals surface area (Å²) in [6.07, 6.45) is 0. The molecule has 1 heterocycles. The van der Waals surface area contributed by atoms with E-state index in [1.165, 1.54) is 25.6 Å². The number of nitrogens with one attached hydrogen (secondary N) is 2. The Morgan fingerprint density at radius 2 is 1.86 bits per heavy atom. The number of methoxy groups -OCH3 is 2. The molecule has 0 bridgehead atoms. The summed E-state index contributed by atoms with van der Waals surface area (Å²) in [5, 5.41) is 6.98. The van der Waals surface area contributed by atoms with E-state index in [4.69, 9.17) is 9.47 Å². The minimum atomic E-state index is -0.733. The highest BCUT2D eigenvalue weighted by Crippen LogP contribution is 2.29. The summed E-state index contributed by atoms with van der Waals surface area (Å²) in [5.74, 6) is -0.408. The number of ether oxygens (including phenoxy) is 2. The maximum absolute atomic E-state index is 11.8. The van der Waals surface area contributed by atoms with E-state index in [0.717, 1.165) is 4.88 Å². The molecule has 1 aromatic carbocycles. The van der Waals surface area contributed by atoms with E-state index in [1.807, 2.05) is 17.5 Å². The number of thiophene rings is 1. The molecule has 0 aliphatic heterocycles. The van der Waals surface area contributed by atoms with Gasteiger partial charge in [-0.1, -0.05) is 6.07 Å². The third kappa shape index (κ3) is 3.98. The van der Waals surface area contributed by atoms with Gasteiger partial charge < -0.3 is 20.1 Å². The monoisotopic (exact) mass is 320 g/mol. The number of amides is 2. The van der Waals surface area contributed by atoms with Gasteiger partial charge in [0.05, 0.1) is 20.8 Å². The summed E-state index contributed by atoms with van der Waals surface area (Å²) >= 11 is 1.51. The van der Waals surface area contributed by atoms with Gasteiger partial charge >= 0.3 is 11.8 Å². The Morgan fingerprint density at radius 3 is 2.50 bits per heavy atom. The lowest BCUT2D eigenvalue weighted by Gasteiger charge is -2.10. The molecule has 0 aliphatic rings. The third-order valence-electron chi connectivity index (χ3n) is 2.85. The molecule has 6 nitrogen and oxygen atoms in total. The highest BCUT2D eigenvalue weighted by atomic mass is 32.1. The molecular weight excluding hydrogens is 304 g/mol. The van der Waals surface area contributed by atoms with Gasteiger partial charge in [0.1, 0.15) is 0 Å². The van der Waals surface area contributed by atoms with Gasteiger partial charge in [-0.2, -0.15) is 0 Å². The van der Waals surface area contributed by atoms with Gasteiger partial charge in [-0.3, -0.25) is 9.59 Å². The largest absolute Gasteiger partial charge is 0.493 e. The van der Waals surface area contributed by atoms with E-state index in [1.54, 1.807) is 18.2 Å². The van der Waals surface area contributed by atoms with Gasteiger partial charge in [-0.25, -0.2) is 0 Å². The summed E-state index contributed by atoms with van der Waals surface area (Å²) in [6, 6.07) is 8.64. The minimum absolute atomic E-state index is 0.329. The van der Waals surface area contributed by atoms with Crippen LogP contribution in [0.3, 0.4) is 0 Å². The second-order valence-electron chi connectivity index (χ2n) is 4.29. The SMILES string of the molecule is COc1ccc(NC(=O)C(=O)NCc2cccs2)cc1OC. The van der Waals surface area contributed by atoms with Gasteiger partial charge in [-0.05, 0) is 23.6 Å². The van der Waals surface area contributed by atoms with Crippen LogP contribution in [-0.2, 0) is 16.1 Å². The highest BCUT2D eigenvalue weighted by molar-refractivity contribution is 7.09. The number of carbonyl (C=O) groups excluding carboxylic acids is 2. The second-order valence-corrected chi connectivity index (χ2v) is 5.32. The van der Waals surface area contributed by atoms with Gasteiger partial charge in [0.2, 0.25) is 0 Å². The lowest BCUT2D eigenvalue weighted by Crippen LogP contribution is -2.34. The Bertz CT molecular complexity index is 656. The Balaban J connectivity index is 1.94. The molecule has 0 spiro atoms. The lowest BCUT2D eigenvalue weighted by molar-refractivity contribution is -0.136. The number of benzene rings is 1. The fourth-order valence-corrected chi connectivity index (χ4v) is 2.41. The lowest BCUT2D eigenvalue weighted by atomic mass is 10.2. The van der Waals surface area contributed by atoms with Gasteiger partial charge in [-0.15, -0.1) is 11.3 Å². The molecular formula is C15H16N2O4S. The number of hydrogen-bond donors (Lipinski definition) is 2. The molecule has 0 aliphatic carbocycles. The van der Waals surface area contributed by atoms with Crippen LogP contribution < -0.4 is 20.1 Å². The smallest absolute Gasteiger partial charge is 0.313 e. The van der Waals surface area contributed by atoms with Crippen molar-refractivity contribution >= 4 is 28.8 Å². The van der Waals surface area contributed by atoms with Crippen LogP contribution in [0, 0.1) is 0 Å². The molecule has 2 amide bonds. The fourth-order valence-electron chi connectivity index (χ4n) is 1.76. The Morgan fingerprint density at radius 1 is 1.09 bits per heavy atom. The van der Waals surface area contributed by atoms with Gasteiger partial charge in [0.25, 0.3) is 0 Å². The van der Waals surface area contributed by atoms with Gasteiger partial charge in [0.15, 0.2) is 11.5 Å². The van der Waals surface area contributed by atoms with Crippen molar-refractivity contribution in [2.45, 2.75) is 6.54 Å². The number of anilines is 1. The Kier molecular flexibility index (Phi) is 5.37. The fraction of sp³-hybridized carbons (Fsp3) is 0.200. The molecule has 0 fully saturated rings. The van der Waals surface area contributed by atoms with Crippen molar-refractivity contribution in [3.63, 3.8) is 0 Å². The number of carbonyl (C=O) groups is 2. The van der Waals surface area contributed by atoms with Crippen molar-refractivity contribution in [2.24, 2.45) is 0 Å². The van der Waals surface area contributed by atoms with Crippen molar-refractivity contribution in [3.8, 4) is 11.5 Å². The van der Waals surface area contributed by atoms with Crippen molar-refractivity contribution in [3.05, 3.63) is 40.6 Å². The first kappa shape index (κ1) is 15.8. The molecule has 7 heteroatoms. The van der Waals surface area contributed by atoms with Crippen molar-refractivity contribution in [2.75, 3.05) is 19.5 Å². The summed E-state index contributed by atoms with van der Waals surface area (Å²) in [4.78, 5) is 24.6. The molecule has 0 saturated carbocycles. The van der Waals surface area contributed by atoms with Crippen molar-refractivity contribution in [1.82, 2.24) is 5.32 Å². The average molecular weight is 320 g/mol. The van der Waals surface area contributed by atoms with E-state index in [9.17, 15) is 9.59 Å². The van der Waals surface area contributed by atoms with E-state index in [-0.39, 0.29) is 0 Å². The van der Waals surface area contributed by atoms with E-state index in [2.05, 4.69) is 10.6 Å². The van der Waals surface area contributed by atoms with Gasteiger partial charge in [0, 0.05) is 16.6 Å². The second kappa shape index (κ2) is 7.46. The Labute approximate surface area is 132 Å². The molecule has 22 heavy (non-hydrogen) atoms. The zero-order chi connectivity index (χ0) is 15.9. The van der Waals surface area contributed by atoms with Crippen LogP contribution in [0.25, 0.3) is 0 Å². The first-order chi connectivity index (χ1) is 10.6. The van der Waals surface area contributed by atoms with Crippen LogP contribution in [0.15, 0.2) is 35.7 Å². The van der Waals surface area contributed by atoms with Crippen LogP contribution in [-0.4, -0.2) is 26.0 Å². The minimum Gasteiger partial charge on any atom is -0.493 e. The summed E-state index contributed by atoms with van der Waals surface area (Å²) in [7, 11) is 3.02. The topological polar surface area (TPSA) is 76.7 Å². The van der Waals surface area contributed by atoms with Crippen LogP contribution in [0.5, 0.6) is 11.5 Å². The quantitative estimate of drug-likeness (QED) is 0.826. The van der Waals surface area contributed by atoms with E-state index in [0.29, 0.717) is 23.7 Å². The number of rotatable bonds is 5. The van der Waals surface area contributed by atoms with Crippen molar-refractivity contribution in [1.29, 1.82) is 0 Å². The molecule has 0 saturated heterocycles.